The van der Waals surface area contributed by atoms with Crippen LogP contribution in [0.4, 0.5) is 0 Å². The minimum atomic E-state index is -3.42. The molecule has 0 bridgehead atoms. The Kier molecular flexibility index (Phi) is 4.61. The van der Waals surface area contributed by atoms with Gasteiger partial charge < -0.3 is 0 Å². The molecule has 0 aliphatic heterocycles. The first-order valence-corrected chi connectivity index (χ1v) is 7.86. The number of rotatable bonds is 4. The average molecular weight is 333 g/mol. The SMILES string of the molecule is CC(C)NS(=O)(=O)c1cc(CCl)sc1Br. The maximum absolute atomic E-state index is 11.8. The number of sulfonamides is 1. The second kappa shape index (κ2) is 5.14. The molecule has 0 fully saturated rings. The highest BCUT2D eigenvalue weighted by Gasteiger charge is 2.21. The van der Waals surface area contributed by atoms with Crippen molar-refractivity contribution in [1.82, 2.24) is 4.72 Å². The lowest BCUT2D eigenvalue weighted by molar-refractivity contribution is 0.570. The van der Waals surface area contributed by atoms with Crippen LogP contribution in [0.5, 0.6) is 0 Å². The summed E-state index contributed by atoms with van der Waals surface area (Å²) in [6, 6.07) is 1.47. The van der Waals surface area contributed by atoms with Gasteiger partial charge in [0.1, 0.15) is 4.90 Å². The van der Waals surface area contributed by atoms with E-state index in [1.54, 1.807) is 19.9 Å². The van der Waals surface area contributed by atoms with Crippen molar-refractivity contribution in [2.45, 2.75) is 30.7 Å². The third kappa shape index (κ3) is 3.42. The number of hydrogen-bond donors (Lipinski definition) is 1. The lowest BCUT2D eigenvalue weighted by atomic mass is 10.4. The number of nitrogens with one attached hydrogen (secondary N) is 1. The molecule has 0 amide bonds. The average Bonchev–Trinajstić information content (AvgIpc) is 2.45. The van der Waals surface area contributed by atoms with Crippen LogP contribution in [0, 0.1) is 0 Å². The smallest absolute Gasteiger partial charge is 0.209 e. The quantitative estimate of drug-likeness (QED) is 0.862. The van der Waals surface area contributed by atoms with Crippen LogP contribution in [0.25, 0.3) is 0 Å². The first kappa shape index (κ1) is 13.4. The van der Waals surface area contributed by atoms with Gasteiger partial charge in [0, 0.05) is 10.9 Å². The minimum Gasteiger partial charge on any atom is -0.209 e. The normalized spacial score (nSPS) is 12.3. The Bertz CT molecular complexity index is 441. The monoisotopic (exact) mass is 331 g/mol. The van der Waals surface area contributed by atoms with Crippen molar-refractivity contribution < 1.29 is 8.42 Å². The largest absolute Gasteiger partial charge is 0.242 e. The maximum atomic E-state index is 11.8. The van der Waals surface area contributed by atoms with Crippen molar-refractivity contribution in [2.24, 2.45) is 0 Å². The van der Waals surface area contributed by atoms with E-state index < -0.39 is 10.0 Å². The van der Waals surface area contributed by atoms with Crippen LogP contribution in [0.3, 0.4) is 0 Å². The fourth-order valence-electron chi connectivity index (χ4n) is 1.02. The van der Waals surface area contributed by atoms with E-state index >= 15 is 0 Å². The van der Waals surface area contributed by atoms with Crippen LogP contribution >= 0.6 is 38.9 Å². The summed E-state index contributed by atoms with van der Waals surface area (Å²) in [5, 5.41) is 0. The van der Waals surface area contributed by atoms with Crippen molar-refractivity contribution in [3.05, 3.63) is 14.7 Å². The highest BCUT2D eigenvalue weighted by molar-refractivity contribution is 9.11. The van der Waals surface area contributed by atoms with Gasteiger partial charge in [0.25, 0.3) is 0 Å². The molecule has 0 unspecified atom stereocenters. The zero-order valence-electron chi connectivity index (χ0n) is 8.25. The summed E-state index contributed by atoms with van der Waals surface area (Å²) in [6.45, 7) is 3.56. The molecule has 0 spiro atoms. The molecule has 0 radical (unpaired) electrons. The van der Waals surface area contributed by atoms with Crippen LogP contribution in [0.2, 0.25) is 0 Å². The molecule has 0 saturated heterocycles. The lowest BCUT2D eigenvalue weighted by Crippen LogP contribution is -2.30. The molecule has 1 heterocycles. The van der Waals surface area contributed by atoms with Crippen LogP contribution in [0.1, 0.15) is 18.7 Å². The molecule has 1 rings (SSSR count). The molecular weight excluding hydrogens is 322 g/mol. The van der Waals surface area contributed by atoms with Gasteiger partial charge in [-0.2, -0.15) is 0 Å². The lowest BCUT2D eigenvalue weighted by Gasteiger charge is -2.07. The van der Waals surface area contributed by atoms with E-state index in [2.05, 4.69) is 20.7 Å². The van der Waals surface area contributed by atoms with Crippen LogP contribution in [-0.4, -0.2) is 14.5 Å². The Morgan fingerprint density at radius 3 is 2.60 bits per heavy atom. The van der Waals surface area contributed by atoms with Crippen molar-refractivity contribution in [1.29, 1.82) is 0 Å². The van der Waals surface area contributed by atoms with E-state index in [0.29, 0.717) is 9.67 Å². The van der Waals surface area contributed by atoms with Crippen molar-refractivity contribution >= 4 is 48.9 Å². The molecule has 3 nitrogen and oxygen atoms in total. The second-order valence-corrected chi connectivity index (χ2v) is 7.66. The fraction of sp³-hybridized carbons (Fsp3) is 0.500. The molecule has 0 atom stereocenters. The molecular formula is C8H11BrClNO2S2. The Balaban J connectivity index is 3.09. The van der Waals surface area contributed by atoms with Gasteiger partial charge in [-0.15, -0.1) is 22.9 Å². The van der Waals surface area contributed by atoms with E-state index in [0.717, 1.165) is 4.88 Å². The number of alkyl halides is 1. The summed E-state index contributed by atoms with van der Waals surface area (Å²) in [7, 11) is -3.42. The second-order valence-electron chi connectivity index (χ2n) is 3.26. The summed E-state index contributed by atoms with van der Waals surface area (Å²) < 4.78 is 26.7. The molecule has 0 saturated carbocycles. The molecule has 1 N–H and O–H groups in total. The molecule has 0 aromatic carbocycles. The predicted molar refractivity (Wildman–Crippen MR) is 67.0 cm³/mol. The molecule has 0 aliphatic rings. The van der Waals surface area contributed by atoms with Crippen molar-refractivity contribution in [3.8, 4) is 0 Å². The number of halogens is 2. The van der Waals surface area contributed by atoms with E-state index in [4.69, 9.17) is 11.6 Å². The van der Waals surface area contributed by atoms with E-state index in [1.807, 2.05) is 0 Å². The Morgan fingerprint density at radius 1 is 1.60 bits per heavy atom. The van der Waals surface area contributed by atoms with Crippen LogP contribution < -0.4 is 4.72 Å². The fourth-order valence-corrected chi connectivity index (χ4v) is 5.05. The third-order valence-corrected chi connectivity index (χ3v) is 5.88. The molecule has 0 aliphatic carbocycles. The van der Waals surface area contributed by atoms with Gasteiger partial charge in [-0.1, -0.05) is 0 Å². The van der Waals surface area contributed by atoms with Gasteiger partial charge in [-0.05, 0) is 35.8 Å². The Morgan fingerprint density at radius 2 is 2.20 bits per heavy atom. The van der Waals surface area contributed by atoms with Gasteiger partial charge in [-0.25, -0.2) is 13.1 Å². The highest BCUT2D eigenvalue weighted by Crippen LogP contribution is 2.32. The molecule has 15 heavy (non-hydrogen) atoms. The van der Waals surface area contributed by atoms with Crippen LogP contribution in [-0.2, 0) is 15.9 Å². The van der Waals surface area contributed by atoms with Crippen LogP contribution in [0.15, 0.2) is 14.7 Å². The van der Waals surface area contributed by atoms with E-state index in [9.17, 15) is 8.42 Å². The standard InChI is InChI=1S/C8H11BrClNO2S2/c1-5(2)11-15(12,13)7-3-6(4-10)14-8(7)9/h3,5,11H,4H2,1-2H3. The van der Waals surface area contributed by atoms with Gasteiger partial charge in [0.15, 0.2) is 0 Å². The highest BCUT2D eigenvalue weighted by atomic mass is 79.9. The molecule has 7 heteroatoms. The zero-order chi connectivity index (χ0) is 11.6. The summed E-state index contributed by atoms with van der Waals surface area (Å²) in [5.41, 5.74) is 0. The molecule has 1 aromatic heterocycles. The minimum absolute atomic E-state index is 0.124. The van der Waals surface area contributed by atoms with Crippen molar-refractivity contribution in [3.63, 3.8) is 0 Å². The summed E-state index contributed by atoms with van der Waals surface area (Å²) >= 11 is 10.2. The Labute approximate surface area is 107 Å². The first-order valence-electron chi connectivity index (χ1n) is 4.23. The number of thiophene rings is 1. The molecule has 1 aromatic rings. The van der Waals surface area contributed by atoms with Gasteiger partial charge in [0.2, 0.25) is 10.0 Å². The molecule has 86 valence electrons. The Hall–Kier alpha value is 0.380. The summed E-state index contributed by atoms with van der Waals surface area (Å²) in [4.78, 5) is 1.09. The number of hydrogen-bond acceptors (Lipinski definition) is 3. The van der Waals surface area contributed by atoms with E-state index in [1.165, 1.54) is 11.3 Å². The van der Waals surface area contributed by atoms with E-state index in [-0.39, 0.29) is 10.9 Å². The maximum Gasteiger partial charge on any atom is 0.242 e. The predicted octanol–water partition coefficient (Wildman–Crippen LogP) is 2.94. The first-order chi connectivity index (χ1) is 6.86. The van der Waals surface area contributed by atoms with Crippen molar-refractivity contribution in [2.75, 3.05) is 0 Å². The zero-order valence-corrected chi connectivity index (χ0v) is 12.2. The summed E-state index contributed by atoms with van der Waals surface area (Å²) in [6.07, 6.45) is 0. The van der Waals surface area contributed by atoms with Gasteiger partial charge >= 0.3 is 0 Å². The van der Waals surface area contributed by atoms with Gasteiger partial charge in [0.05, 0.1) is 9.67 Å². The summed E-state index contributed by atoms with van der Waals surface area (Å²) in [5.74, 6) is 0.320. The topological polar surface area (TPSA) is 46.2 Å². The third-order valence-electron chi connectivity index (χ3n) is 1.52. The van der Waals surface area contributed by atoms with Gasteiger partial charge in [-0.3, -0.25) is 0 Å².